The van der Waals surface area contributed by atoms with Crippen molar-refractivity contribution in [3.05, 3.63) is 24.5 Å². The van der Waals surface area contributed by atoms with Gasteiger partial charge in [0.15, 0.2) is 0 Å². The van der Waals surface area contributed by atoms with Crippen LogP contribution >= 0.6 is 0 Å². The van der Waals surface area contributed by atoms with Crippen LogP contribution in [0.1, 0.15) is 39.5 Å². The minimum Gasteiger partial charge on any atom is -0.489 e. The summed E-state index contributed by atoms with van der Waals surface area (Å²) in [6, 6.07) is 3.87. The van der Waals surface area contributed by atoms with E-state index >= 15 is 0 Å². The van der Waals surface area contributed by atoms with Gasteiger partial charge in [0.2, 0.25) is 0 Å². The molecule has 0 aliphatic carbocycles. The second-order valence-electron chi connectivity index (χ2n) is 4.81. The van der Waals surface area contributed by atoms with Crippen LogP contribution in [-0.2, 0) is 0 Å². The lowest BCUT2D eigenvalue weighted by atomic mass is 10.1. The van der Waals surface area contributed by atoms with Crippen molar-refractivity contribution in [3.8, 4) is 5.75 Å². The van der Waals surface area contributed by atoms with Gasteiger partial charge in [-0.1, -0.05) is 26.7 Å². The van der Waals surface area contributed by atoms with Crippen LogP contribution < -0.4 is 4.74 Å². The van der Waals surface area contributed by atoms with Crippen LogP contribution in [0.4, 0.5) is 0 Å². The zero-order valence-corrected chi connectivity index (χ0v) is 11.9. The largest absolute Gasteiger partial charge is 0.489 e. The molecule has 1 aliphatic rings. The van der Waals surface area contributed by atoms with Crippen LogP contribution in [0, 0.1) is 0 Å². The Labute approximate surface area is 111 Å². The summed E-state index contributed by atoms with van der Waals surface area (Å²) in [5, 5.41) is 0. The molecule has 2 rings (SSSR count). The van der Waals surface area contributed by atoms with Crippen LogP contribution in [0.2, 0.25) is 0 Å². The normalized spacial score (nSPS) is 16.8. The van der Waals surface area contributed by atoms with E-state index in [1.54, 1.807) is 12.4 Å². The first-order chi connectivity index (χ1) is 8.76. The van der Waals surface area contributed by atoms with E-state index in [1.807, 2.05) is 12.1 Å². The molecule has 0 amide bonds. The standard InChI is InChI=1S/C11H16N2O.C4H10/c1-13-7-4-10(5-8-13)14-11-3-2-6-12-9-11;1-3-4-2/h2-3,6,9-10H,4-5,7-8H2,1H3;3-4H2,1-2H3. The van der Waals surface area contributed by atoms with Crippen molar-refractivity contribution in [1.82, 2.24) is 9.88 Å². The quantitative estimate of drug-likeness (QED) is 0.822. The molecule has 3 heteroatoms. The van der Waals surface area contributed by atoms with Gasteiger partial charge in [0.25, 0.3) is 0 Å². The fourth-order valence-electron chi connectivity index (χ4n) is 1.71. The first kappa shape index (κ1) is 15.0. The molecule has 1 aromatic heterocycles. The fraction of sp³-hybridized carbons (Fsp3) is 0.667. The van der Waals surface area contributed by atoms with E-state index in [0.29, 0.717) is 6.10 Å². The van der Waals surface area contributed by atoms with Gasteiger partial charge in [-0.15, -0.1) is 0 Å². The number of ether oxygens (including phenoxy) is 1. The molecule has 0 atom stereocenters. The van der Waals surface area contributed by atoms with Crippen molar-refractivity contribution in [1.29, 1.82) is 0 Å². The maximum atomic E-state index is 5.81. The van der Waals surface area contributed by atoms with Crippen molar-refractivity contribution < 1.29 is 4.74 Å². The summed E-state index contributed by atoms with van der Waals surface area (Å²) >= 11 is 0. The minimum atomic E-state index is 0.371. The van der Waals surface area contributed by atoms with Gasteiger partial charge in [-0.3, -0.25) is 4.98 Å². The molecule has 1 fully saturated rings. The summed E-state index contributed by atoms with van der Waals surface area (Å²) in [7, 11) is 2.15. The molecule has 1 saturated heterocycles. The van der Waals surface area contributed by atoms with E-state index in [0.717, 1.165) is 31.7 Å². The van der Waals surface area contributed by atoms with E-state index < -0.39 is 0 Å². The van der Waals surface area contributed by atoms with Crippen molar-refractivity contribution >= 4 is 0 Å². The van der Waals surface area contributed by atoms with Gasteiger partial charge in [-0.05, 0) is 32.0 Å². The van der Waals surface area contributed by atoms with Crippen molar-refractivity contribution in [2.75, 3.05) is 20.1 Å². The number of pyridine rings is 1. The molecule has 0 bridgehead atoms. The molecule has 0 radical (unpaired) electrons. The number of likely N-dealkylation sites (tertiary alicyclic amines) is 1. The zero-order valence-electron chi connectivity index (χ0n) is 11.9. The first-order valence-corrected chi connectivity index (χ1v) is 7.01. The van der Waals surface area contributed by atoms with Gasteiger partial charge in [0.05, 0.1) is 6.20 Å². The molecule has 0 aromatic carbocycles. The zero-order chi connectivity index (χ0) is 13.2. The smallest absolute Gasteiger partial charge is 0.137 e. The third-order valence-electron chi connectivity index (χ3n) is 3.10. The summed E-state index contributed by atoms with van der Waals surface area (Å²) in [6.07, 6.45) is 8.78. The third kappa shape index (κ3) is 6.01. The van der Waals surface area contributed by atoms with Gasteiger partial charge in [0, 0.05) is 19.3 Å². The highest BCUT2D eigenvalue weighted by Gasteiger charge is 2.17. The van der Waals surface area contributed by atoms with E-state index in [4.69, 9.17) is 4.74 Å². The lowest BCUT2D eigenvalue weighted by Crippen LogP contribution is -2.35. The van der Waals surface area contributed by atoms with Crippen molar-refractivity contribution in [2.45, 2.75) is 45.6 Å². The predicted molar refractivity (Wildman–Crippen MR) is 76.0 cm³/mol. The number of aromatic nitrogens is 1. The molecule has 1 aliphatic heterocycles. The lowest BCUT2D eigenvalue weighted by Gasteiger charge is -2.29. The molecule has 102 valence electrons. The predicted octanol–water partition coefficient (Wildman–Crippen LogP) is 3.36. The average molecular weight is 250 g/mol. The third-order valence-corrected chi connectivity index (χ3v) is 3.10. The highest BCUT2D eigenvalue weighted by Crippen LogP contribution is 2.16. The SMILES string of the molecule is CCCC.CN1CCC(Oc2cccnc2)CC1. The summed E-state index contributed by atoms with van der Waals surface area (Å²) in [5.41, 5.74) is 0. The minimum absolute atomic E-state index is 0.371. The number of nitrogens with zero attached hydrogens (tertiary/aromatic N) is 2. The molecular weight excluding hydrogens is 224 g/mol. The Kier molecular flexibility index (Phi) is 7.42. The summed E-state index contributed by atoms with van der Waals surface area (Å²) in [6.45, 7) is 6.62. The molecule has 1 aromatic rings. The molecule has 0 N–H and O–H groups in total. The van der Waals surface area contributed by atoms with E-state index in [9.17, 15) is 0 Å². The topological polar surface area (TPSA) is 25.4 Å². The van der Waals surface area contributed by atoms with Crippen molar-refractivity contribution in [3.63, 3.8) is 0 Å². The molecule has 0 unspecified atom stereocenters. The fourth-order valence-corrected chi connectivity index (χ4v) is 1.71. The molecule has 18 heavy (non-hydrogen) atoms. The van der Waals surface area contributed by atoms with Gasteiger partial charge >= 0.3 is 0 Å². The van der Waals surface area contributed by atoms with Gasteiger partial charge in [0.1, 0.15) is 11.9 Å². The molecule has 3 nitrogen and oxygen atoms in total. The average Bonchev–Trinajstić information content (AvgIpc) is 2.43. The van der Waals surface area contributed by atoms with Gasteiger partial charge < -0.3 is 9.64 Å². The second-order valence-corrected chi connectivity index (χ2v) is 4.81. The Morgan fingerprint density at radius 1 is 1.28 bits per heavy atom. The Morgan fingerprint density at radius 3 is 2.44 bits per heavy atom. The Bertz CT molecular complexity index is 293. The Morgan fingerprint density at radius 2 is 1.94 bits per heavy atom. The maximum absolute atomic E-state index is 5.81. The van der Waals surface area contributed by atoms with Crippen LogP contribution in [0.15, 0.2) is 24.5 Å². The number of rotatable bonds is 3. The van der Waals surface area contributed by atoms with Crippen molar-refractivity contribution in [2.24, 2.45) is 0 Å². The van der Waals surface area contributed by atoms with E-state index in [1.165, 1.54) is 12.8 Å². The van der Waals surface area contributed by atoms with Gasteiger partial charge in [-0.25, -0.2) is 0 Å². The van der Waals surface area contributed by atoms with Crippen LogP contribution in [0.25, 0.3) is 0 Å². The van der Waals surface area contributed by atoms with E-state index in [2.05, 4.69) is 30.8 Å². The highest BCUT2D eigenvalue weighted by molar-refractivity contribution is 5.15. The number of unbranched alkanes of at least 4 members (excludes halogenated alkanes) is 1. The molecule has 0 spiro atoms. The maximum Gasteiger partial charge on any atom is 0.137 e. The van der Waals surface area contributed by atoms with E-state index in [-0.39, 0.29) is 0 Å². The summed E-state index contributed by atoms with van der Waals surface area (Å²) in [5.74, 6) is 0.891. The van der Waals surface area contributed by atoms with Crippen LogP contribution in [0.5, 0.6) is 5.75 Å². The molecule has 0 saturated carbocycles. The Hall–Kier alpha value is -1.09. The first-order valence-electron chi connectivity index (χ1n) is 7.01. The summed E-state index contributed by atoms with van der Waals surface area (Å²) < 4.78 is 5.81. The second kappa shape index (κ2) is 8.92. The Balaban J connectivity index is 0.000000357. The molecular formula is C15H26N2O. The van der Waals surface area contributed by atoms with Crippen LogP contribution in [0.3, 0.4) is 0 Å². The molecule has 2 heterocycles. The van der Waals surface area contributed by atoms with Gasteiger partial charge in [-0.2, -0.15) is 0 Å². The van der Waals surface area contributed by atoms with Crippen LogP contribution in [-0.4, -0.2) is 36.1 Å². The highest BCUT2D eigenvalue weighted by atomic mass is 16.5. The lowest BCUT2D eigenvalue weighted by molar-refractivity contribution is 0.114. The monoisotopic (exact) mass is 250 g/mol. The number of hydrogen-bond donors (Lipinski definition) is 0. The number of hydrogen-bond acceptors (Lipinski definition) is 3. The summed E-state index contributed by atoms with van der Waals surface area (Å²) in [4.78, 5) is 6.37. The number of piperidine rings is 1.